The number of ether oxygens (including phenoxy) is 1. The normalized spacial score (nSPS) is 31.0. The van der Waals surface area contributed by atoms with Crippen molar-refractivity contribution in [2.75, 3.05) is 0 Å². The molecule has 0 aliphatic heterocycles. The Balaban J connectivity index is 1.50. The Morgan fingerprint density at radius 3 is 1.11 bits per heavy atom. The van der Waals surface area contributed by atoms with Crippen molar-refractivity contribution in [2.24, 2.45) is 23.7 Å². The maximum absolute atomic E-state index is 13.1. The summed E-state index contributed by atoms with van der Waals surface area (Å²) in [4.78, 5) is 50.3. The lowest BCUT2D eigenvalue weighted by Crippen LogP contribution is -2.40. The Morgan fingerprint density at radius 2 is 0.829 bits per heavy atom. The lowest BCUT2D eigenvalue weighted by molar-refractivity contribution is -0.172. The van der Waals surface area contributed by atoms with Gasteiger partial charge in [-0.05, 0) is 77.0 Å². The van der Waals surface area contributed by atoms with Gasteiger partial charge in [0.1, 0.15) is 0 Å². The molecular weight excluding hydrogens is 448 g/mol. The van der Waals surface area contributed by atoms with Crippen LogP contribution in [-0.4, -0.2) is 34.1 Å². The number of hydrogen-bond donors (Lipinski definition) is 2. The van der Waals surface area contributed by atoms with Gasteiger partial charge in [0.25, 0.3) is 0 Å². The molecule has 4 rings (SSSR count). The highest BCUT2D eigenvalue weighted by molar-refractivity contribution is 5.92. The summed E-state index contributed by atoms with van der Waals surface area (Å²) >= 11 is 0. The molecule has 4 aliphatic rings. The number of carboxylic acids is 2. The van der Waals surface area contributed by atoms with Gasteiger partial charge in [0.15, 0.2) is 0 Å². The second kappa shape index (κ2) is 11.2. The van der Waals surface area contributed by atoms with Crippen molar-refractivity contribution < 1.29 is 34.1 Å². The lowest BCUT2D eigenvalue weighted by atomic mass is 9.72. The first-order chi connectivity index (χ1) is 16.8. The molecule has 7 heteroatoms. The number of carbonyl (C=O) groups is 4. The van der Waals surface area contributed by atoms with Crippen molar-refractivity contribution in [3.63, 3.8) is 0 Å². The Labute approximate surface area is 205 Å². The molecular formula is C28H34O7. The minimum absolute atomic E-state index is 0.279. The second-order valence-electron chi connectivity index (χ2n) is 10.2. The summed E-state index contributed by atoms with van der Waals surface area (Å²) < 4.78 is 5.28. The van der Waals surface area contributed by atoms with E-state index in [9.17, 15) is 29.4 Å². The zero-order chi connectivity index (χ0) is 24.9. The van der Waals surface area contributed by atoms with Gasteiger partial charge in [0, 0.05) is 0 Å². The highest BCUT2D eigenvalue weighted by atomic mass is 16.6. The van der Waals surface area contributed by atoms with Crippen molar-refractivity contribution in [3.05, 3.63) is 46.6 Å². The van der Waals surface area contributed by atoms with Crippen LogP contribution in [0.15, 0.2) is 46.6 Å². The van der Waals surface area contributed by atoms with E-state index in [1.54, 1.807) is 0 Å². The molecule has 35 heavy (non-hydrogen) atoms. The number of hydrogen-bond acceptors (Lipinski definition) is 5. The Morgan fingerprint density at radius 1 is 0.543 bits per heavy atom. The molecule has 4 unspecified atom stereocenters. The average Bonchev–Trinajstić information content (AvgIpc) is 2.78. The molecule has 7 nitrogen and oxygen atoms in total. The number of carboxylic acid groups (broad SMARTS) is 2. The highest BCUT2D eigenvalue weighted by Crippen LogP contribution is 2.42. The first-order valence-corrected chi connectivity index (χ1v) is 12.8. The quantitative estimate of drug-likeness (QED) is 0.324. The molecule has 0 spiro atoms. The van der Waals surface area contributed by atoms with Gasteiger partial charge in [-0.2, -0.15) is 0 Å². The molecule has 0 aromatic rings. The van der Waals surface area contributed by atoms with Gasteiger partial charge in [0.2, 0.25) is 0 Å². The number of esters is 2. The summed E-state index contributed by atoms with van der Waals surface area (Å²) in [6.45, 7) is 0. The summed E-state index contributed by atoms with van der Waals surface area (Å²) in [6.07, 6.45) is 16.0. The topological polar surface area (TPSA) is 118 Å². The Bertz CT molecular complexity index is 932. The van der Waals surface area contributed by atoms with Crippen LogP contribution in [0.25, 0.3) is 0 Å². The summed E-state index contributed by atoms with van der Waals surface area (Å²) in [7, 11) is 0. The van der Waals surface area contributed by atoms with E-state index in [0.717, 1.165) is 73.7 Å². The van der Waals surface area contributed by atoms with Crippen molar-refractivity contribution in [1.82, 2.24) is 0 Å². The molecule has 0 saturated carbocycles. The van der Waals surface area contributed by atoms with Gasteiger partial charge in [0.05, 0.1) is 23.7 Å². The highest BCUT2D eigenvalue weighted by Gasteiger charge is 2.44. The number of aliphatic carboxylic acids is 2. The largest absolute Gasteiger partial charge is 0.481 e. The smallest absolute Gasteiger partial charge is 0.317 e. The number of carbonyl (C=O) groups excluding carboxylic acids is 2. The predicted octanol–water partition coefficient (Wildman–Crippen LogP) is 5.13. The fraction of sp³-hybridized carbons (Fsp3) is 0.571. The van der Waals surface area contributed by atoms with Gasteiger partial charge in [-0.3, -0.25) is 19.2 Å². The molecule has 0 radical (unpaired) electrons. The summed E-state index contributed by atoms with van der Waals surface area (Å²) in [5.41, 5.74) is 4.40. The Hall–Kier alpha value is -2.96. The summed E-state index contributed by atoms with van der Waals surface area (Å²) in [5.74, 6) is -7.56. The maximum atomic E-state index is 13.1. The molecule has 0 heterocycles. The van der Waals surface area contributed by atoms with Gasteiger partial charge in [-0.15, -0.1) is 0 Å². The molecule has 4 aliphatic carbocycles. The molecule has 0 saturated heterocycles. The van der Waals surface area contributed by atoms with Crippen LogP contribution in [0.1, 0.15) is 77.0 Å². The van der Waals surface area contributed by atoms with Crippen LogP contribution < -0.4 is 0 Å². The molecule has 188 valence electrons. The van der Waals surface area contributed by atoms with Crippen LogP contribution in [-0.2, 0) is 23.9 Å². The maximum Gasteiger partial charge on any atom is 0.317 e. The van der Waals surface area contributed by atoms with Crippen molar-refractivity contribution in [1.29, 1.82) is 0 Å². The lowest BCUT2D eigenvalue weighted by Gasteiger charge is -2.33. The van der Waals surface area contributed by atoms with Crippen LogP contribution in [0.5, 0.6) is 0 Å². The fourth-order valence-electron chi connectivity index (χ4n) is 6.09. The van der Waals surface area contributed by atoms with E-state index in [-0.39, 0.29) is 25.7 Å². The van der Waals surface area contributed by atoms with E-state index in [1.165, 1.54) is 0 Å². The first kappa shape index (κ1) is 25.1. The zero-order valence-corrected chi connectivity index (χ0v) is 20.0. The molecule has 0 amide bonds. The summed E-state index contributed by atoms with van der Waals surface area (Å²) in [6, 6.07) is 0. The van der Waals surface area contributed by atoms with E-state index in [2.05, 4.69) is 24.3 Å². The second-order valence-corrected chi connectivity index (χ2v) is 10.2. The third-order valence-electron chi connectivity index (χ3n) is 8.06. The molecule has 0 aromatic carbocycles. The minimum Gasteiger partial charge on any atom is -0.481 e. The van der Waals surface area contributed by atoms with Crippen LogP contribution >= 0.6 is 0 Å². The standard InChI is InChI=1S/C28H34O7/c29-25(30)21-13-17-9-5-1-3-7-11-19(17)15-23(21)27(33)35-28(34)24-16-20-12-8-4-2-6-10-18(20)14-22(24)26(31)32/h1-4,21-24H,5-16H2,(H,29,30)(H,31,32)/b3-1-,4-2-. The summed E-state index contributed by atoms with van der Waals surface area (Å²) in [5, 5.41) is 19.7. The van der Waals surface area contributed by atoms with E-state index in [4.69, 9.17) is 4.74 Å². The number of rotatable bonds is 4. The predicted molar refractivity (Wildman–Crippen MR) is 128 cm³/mol. The molecule has 0 aromatic heterocycles. The zero-order valence-electron chi connectivity index (χ0n) is 20.0. The van der Waals surface area contributed by atoms with E-state index in [0.29, 0.717) is 0 Å². The third kappa shape index (κ3) is 5.82. The van der Waals surface area contributed by atoms with Crippen molar-refractivity contribution >= 4 is 23.9 Å². The SMILES string of the molecule is O=C(O)C1CC2=C(CC/C=C\CC2)CC1C(=O)OC(=O)C1CC2=C(CC/C=C\CC2)CC1C(=O)O. The average molecular weight is 483 g/mol. The van der Waals surface area contributed by atoms with Crippen LogP contribution in [0.3, 0.4) is 0 Å². The minimum atomic E-state index is -1.07. The monoisotopic (exact) mass is 482 g/mol. The Kier molecular flexibility index (Phi) is 8.04. The van der Waals surface area contributed by atoms with Crippen molar-refractivity contribution in [2.45, 2.75) is 77.0 Å². The van der Waals surface area contributed by atoms with Gasteiger partial charge < -0.3 is 14.9 Å². The molecule has 0 bridgehead atoms. The molecule has 4 atom stereocenters. The van der Waals surface area contributed by atoms with E-state index < -0.39 is 47.5 Å². The van der Waals surface area contributed by atoms with Crippen LogP contribution in [0.2, 0.25) is 0 Å². The van der Waals surface area contributed by atoms with Crippen LogP contribution in [0, 0.1) is 23.7 Å². The fourth-order valence-corrected chi connectivity index (χ4v) is 6.09. The van der Waals surface area contributed by atoms with Gasteiger partial charge in [-0.1, -0.05) is 46.6 Å². The molecule has 0 fully saturated rings. The first-order valence-electron chi connectivity index (χ1n) is 12.8. The van der Waals surface area contributed by atoms with Crippen LogP contribution in [0.4, 0.5) is 0 Å². The van der Waals surface area contributed by atoms with Crippen molar-refractivity contribution in [3.8, 4) is 0 Å². The number of allylic oxidation sites excluding steroid dienone is 8. The van der Waals surface area contributed by atoms with E-state index in [1.807, 2.05) is 0 Å². The van der Waals surface area contributed by atoms with Gasteiger partial charge >= 0.3 is 23.9 Å². The van der Waals surface area contributed by atoms with E-state index >= 15 is 0 Å². The van der Waals surface area contributed by atoms with Gasteiger partial charge in [-0.25, -0.2) is 0 Å². The third-order valence-corrected chi connectivity index (χ3v) is 8.06. The molecule has 2 N–H and O–H groups in total.